The van der Waals surface area contributed by atoms with E-state index in [-0.39, 0.29) is 12.0 Å². The van der Waals surface area contributed by atoms with E-state index in [0.717, 1.165) is 50.2 Å². The van der Waals surface area contributed by atoms with Gasteiger partial charge in [-0.15, -0.1) is 11.3 Å². The SMILES string of the molecule is COc1cccc(CC2(CO)CCN(Cc3nc4ccccc4s3)CC2)c1. The van der Waals surface area contributed by atoms with Crippen LogP contribution >= 0.6 is 11.3 Å². The molecule has 0 atom stereocenters. The number of rotatable bonds is 6. The highest BCUT2D eigenvalue weighted by molar-refractivity contribution is 7.18. The van der Waals surface area contributed by atoms with Gasteiger partial charge in [-0.3, -0.25) is 4.90 Å². The van der Waals surface area contributed by atoms with Gasteiger partial charge in [0.25, 0.3) is 0 Å². The first-order chi connectivity index (χ1) is 13.2. The molecule has 142 valence electrons. The van der Waals surface area contributed by atoms with Gasteiger partial charge in [-0.25, -0.2) is 4.98 Å². The van der Waals surface area contributed by atoms with Gasteiger partial charge < -0.3 is 9.84 Å². The molecular weight excluding hydrogens is 356 g/mol. The van der Waals surface area contributed by atoms with Crippen LogP contribution in [0.25, 0.3) is 10.2 Å². The van der Waals surface area contributed by atoms with Crippen molar-refractivity contribution in [3.05, 3.63) is 59.1 Å². The van der Waals surface area contributed by atoms with Crippen molar-refractivity contribution >= 4 is 21.6 Å². The van der Waals surface area contributed by atoms with Gasteiger partial charge >= 0.3 is 0 Å². The molecule has 1 saturated heterocycles. The molecule has 4 rings (SSSR count). The minimum absolute atomic E-state index is 0.0313. The van der Waals surface area contributed by atoms with Gasteiger partial charge in [0.1, 0.15) is 10.8 Å². The molecule has 1 aliphatic rings. The normalized spacial score (nSPS) is 17.3. The molecule has 0 saturated carbocycles. The standard InChI is InChI=1S/C22H26N2O2S/c1-26-18-6-4-5-17(13-18)14-22(16-25)9-11-24(12-10-22)15-21-23-19-7-2-3-8-20(19)27-21/h2-8,13,25H,9-12,14-16H2,1H3. The molecule has 0 spiro atoms. The summed E-state index contributed by atoms with van der Waals surface area (Å²) in [4.78, 5) is 7.23. The van der Waals surface area contributed by atoms with E-state index in [2.05, 4.69) is 35.2 Å². The summed E-state index contributed by atoms with van der Waals surface area (Å²) in [6.45, 7) is 3.14. The van der Waals surface area contributed by atoms with Crippen LogP contribution in [-0.2, 0) is 13.0 Å². The van der Waals surface area contributed by atoms with Crippen molar-refractivity contribution in [3.63, 3.8) is 0 Å². The van der Waals surface area contributed by atoms with Crippen LogP contribution in [0.4, 0.5) is 0 Å². The van der Waals surface area contributed by atoms with Crippen LogP contribution in [0.1, 0.15) is 23.4 Å². The van der Waals surface area contributed by atoms with Gasteiger partial charge in [0.05, 0.1) is 23.9 Å². The molecule has 0 radical (unpaired) electrons. The number of likely N-dealkylation sites (tertiary alicyclic amines) is 1. The number of nitrogens with zero attached hydrogens (tertiary/aromatic N) is 2. The summed E-state index contributed by atoms with van der Waals surface area (Å²) in [6, 6.07) is 16.5. The summed E-state index contributed by atoms with van der Waals surface area (Å²) in [7, 11) is 1.70. The Hall–Kier alpha value is -1.95. The first kappa shape index (κ1) is 18.4. The third-order valence-electron chi connectivity index (χ3n) is 5.66. The number of para-hydroxylation sites is 1. The molecule has 1 fully saturated rings. The molecule has 0 unspecified atom stereocenters. The van der Waals surface area contributed by atoms with Crippen LogP contribution in [0.2, 0.25) is 0 Å². The summed E-state index contributed by atoms with van der Waals surface area (Å²) in [5.74, 6) is 0.883. The number of ether oxygens (including phenoxy) is 1. The van der Waals surface area contributed by atoms with E-state index in [0.29, 0.717) is 0 Å². The second kappa shape index (κ2) is 7.97. The molecule has 1 N–H and O–H groups in total. The van der Waals surface area contributed by atoms with Gasteiger partial charge in [-0.1, -0.05) is 24.3 Å². The second-order valence-electron chi connectivity index (χ2n) is 7.54. The van der Waals surface area contributed by atoms with Gasteiger partial charge in [0.15, 0.2) is 0 Å². The predicted molar refractivity (Wildman–Crippen MR) is 110 cm³/mol. The van der Waals surface area contributed by atoms with E-state index < -0.39 is 0 Å². The van der Waals surface area contributed by atoms with Crippen molar-refractivity contribution in [2.45, 2.75) is 25.8 Å². The smallest absolute Gasteiger partial charge is 0.119 e. The van der Waals surface area contributed by atoms with E-state index >= 15 is 0 Å². The monoisotopic (exact) mass is 382 g/mol. The maximum atomic E-state index is 10.1. The molecule has 0 aliphatic carbocycles. The summed E-state index contributed by atoms with van der Waals surface area (Å²) < 4.78 is 6.60. The van der Waals surface area contributed by atoms with Crippen LogP contribution in [0.3, 0.4) is 0 Å². The van der Waals surface area contributed by atoms with E-state index in [1.807, 2.05) is 18.2 Å². The number of hydrogen-bond acceptors (Lipinski definition) is 5. The van der Waals surface area contributed by atoms with E-state index in [9.17, 15) is 5.11 Å². The molecule has 1 aliphatic heterocycles. The fourth-order valence-electron chi connectivity index (χ4n) is 3.97. The third-order valence-corrected chi connectivity index (χ3v) is 6.68. The molecule has 0 bridgehead atoms. The molecule has 1 aromatic heterocycles. The molecule has 0 amide bonds. The zero-order valence-corrected chi connectivity index (χ0v) is 16.5. The first-order valence-electron chi connectivity index (χ1n) is 9.50. The Morgan fingerprint density at radius 3 is 2.70 bits per heavy atom. The van der Waals surface area contributed by atoms with Crippen LogP contribution in [0.5, 0.6) is 5.75 Å². The van der Waals surface area contributed by atoms with Crippen molar-refractivity contribution in [1.29, 1.82) is 0 Å². The van der Waals surface area contributed by atoms with E-state index in [4.69, 9.17) is 9.72 Å². The fourth-order valence-corrected chi connectivity index (χ4v) is 4.98. The summed E-state index contributed by atoms with van der Waals surface area (Å²) in [5, 5.41) is 11.3. The minimum Gasteiger partial charge on any atom is -0.497 e. The Kier molecular flexibility index (Phi) is 5.43. The van der Waals surface area contributed by atoms with Crippen LogP contribution < -0.4 is 4.74 Å². The second-order valence-corrected chi connectivity index (χ2v) is 8.65. The number of methoxy groups -OCH3 is 1. The Labute approximate surface area is 164 Å². The van der Waals surface area contributed by atoms with Gasteiger partial charge in [-0.05, 0) is 67.6 Å². The summed E-state index contributed by atoms with van der Waals surface area (Å²) in [5.41, 5.74) is 2.30. The maximum absolute atomic E-state index is 10.1. The number of fused-ring (bicyclic) bond motifs is 1. The molecule has 2 heterocycles. The summed E-state index contributed by atoms with van der Waals surface area (Å²) in [6.07, 6.45) is 2.91. The van der Waals surface area contributed by atoms with Crippen molar-refractivity contribution in [1.82, 2.24) is 9.88 Å². The number of thiazole rings is 1. The molecule has 2 aromatic carbocycles. The van der Waals surface area contributed by atoms with Crippen molar-refractivity contribution in [2.24, 2.45) is 5.41 Å². The lowest BCUT2D eigenvalue weighted by Crippen LogP contribution is -2.42. The number of hydrogen-bond donors (Lipinski definition) is 1. The number of aliphatic hydroxyl groups excluding tert-OH is 1. The first-order valence-corrected chi connectivity index (χ1v) is 10.3. The average Bonchev–Trinajstić information content (AvgIpc) is 3.12. The Morgan fingerprint density at radius 1 is 1.15 bits per heavy atom. The number of aromatic nitrogens is 1. The molecule has 27 heavy (non-hydrogen) atoms. The van der Waals surface area contributed by atoms with Gasteiger partial charge in [0, 0.05) is 6.61 Å². The fraction of sp³-hybridized carbons (Fsp3) is 0.409. The van der Waals surface area contributed by atoms with Gasteiger partial charge in [0.2, 0.25) is 0 Å². The number of aliphatic hydroxyl groups is 1. The number of piperidine rings is 1. The van der Waals surface area contributed by atoms with Crippen LogP contribution in [0.15, 0.2) is 48.5 Å². The minimum atomic E-state index is -0.0313. The third kappa shape index (κ3) is 4.15. The molecule has 5 heteroatoms. The predicted octanol–water partition coefficient (Wildman–Crippen LogP) is 4.12. The molecular formula is C22H26N2O2S. The molecule has 4 nitrogen and oxygen atoms in total. The van der Waals surface area contributed by atoms with Gasteiger partial charge in [-0.2, -0.15) is 0 Å². The van der Waals surface area contributed by atoms with Crippen molar-refractivity contribution in [3.8, 4) is 5.75 Å². The van der Waals surface area contributed by atoms with Crippen molar-refractivity contribution < 1.29 is 9.84 Å². The highest BCUT2D eigenvalue weighted by Gasteiger charge is 2.34. The Morgan fingerprint density at radius 2 is 1.96 bits per heavy atom. The van der Waals surface area contributed by atoms with Crippen molar-refractivity contribution in [2.75, 3.05) is 26.8 Å². The van der Waals surface area contributed by atoms with E-state index in [1.165, 1.54) is 15.3 Å². The maximum Gasteiger partial charge on any atom is 0.119 e. The zero-order chi connectivity index (χ0) is 18.7. The van der Waals surface area contributed by atoms with Crippen LogP contribution in [-0.4, -0.2) is 41.8 Å². The topological polar surface area (TPSA) is 45.6 Å². The lowest BCUT2D eigenvalue weighted by molar-refractivity contribution is 0.0413. The lowest BCUT2D eigenvalue weighted by atomic mass is 9.74. The highest BCUT2D eigenvalue weighted by Crippen LogP contribution is 2.36. The summed E-state index contributed by atoms with van der Waals surface area (Å²) >= 11 is 1.79. The highest BCUT2D eigenvalue weighted by atomic mass is 32.1. The van der Waals surface area contributed by atoms with Crippen LogP contribution in [0, 0.1) is 5.41 Å². The average molecular weight is 383 g/mol. The molecule has 3 aromatic rings. The Bertz CT molecular complexity index is 867. The largest absolute Gasteiger partial charge is 0.497 e. The quantitative estimate of drug-likeness (QED) is 0.696. The Balaban J connectivity index is 1.39. The van der Waals surface area contributed by atoms with E-state index in [1.54, 1.807) is 18.4 Å². The number of benzene rings is 2. The lowest BCUT2D eigenvalue weighted by Gasteiger charge is -2.40. The zero-order valence-electron chi connectivity index (χ0n) is 15.7.